The lowest BCUT2D eigenvalue weighted by atomic mass is 9.86. The summed E-state index contributed by atoms with van der Waals surface area (Å²) in [7, 11) is 0. The van der Waals surface area contributed by atoms with Gasteiger partial charge >= 0.3 is 0 Å². The van der Waals surface area contributed by atoms with Gasteiger partial charge in [0, 0.05) is 18.7 Å². The van der Waals surface area contributed by atoms with E-state index in [0.717, 1.165) is 37.4 Å². The molecule has 0 aliphatic carbocycles. The molecule has 0 bridgehead atoms. The highest BCUT2D eigenvalue weighted by molar-refractivity contribution is 6.03. The van der Waals surface area contributed by atoms with Gasteiger partial charge in [-0.2, -0.15) is 0 Å². The lowest BCUT2D eigenvalue weighted by Gasteiger charge is -2.39. The van der Waals surface area contributed by atoms with Crippen LogP contribution in [0.15, 0.2) is 24.3 Å². The standard InChI is InChI=1S/C24H39NO2/c1-5-6-7-11-20(2)12-10-14-21-13-8-9-15-22(21)23(26)24(3,4)25-16-18-27-19-17-25/h8-9,13,15,20H,5-7,10-12,14,16-19H2,1-4H3. The molecule has 3 heteroatoms. The predicted octanol–water partition coefficient (Wildman–Crippen LogP) is 5.52. The van der Waals surface area contributed by atoms with Crippen molar-refractivity contribution in [2.24, 2.45) is 5.92 Å². The fourth-order valence-corrected chi connectivity index (χ4v) is 4.08. The number of carbonyl (C=O) groups is 1. The van der Waals surface area contributed by atoms with Crippen molar-refractivity contribution in [1.29, 1.82) is 0 Å². The lowest BCUT2D eigenvalue weighted by molar-refractivity contribution is -0.00433. The molecule has 1 atom stereocenters. The monoisotopic (exact) mass is 373 g/mol. The van der Waals surface area contributed by atoms with E-state index in [2.05, 4.69) is 44.7 Å². The number of hydrogen-bond donors (Lipinski definition) is 0. The highest BCUT2D eigenvalue weighted by Crippen LogP contribution is 2.25. The van der Waals surface area contributed by atoms with Crippen molar-refractivity contribution < 1.29 is 9.53 Å². The number of unbranched alkanes of at least 4 members (excludes halogenated alkanes) is 2. The Bertz CT molecular complexity index is 575. The van der Waals surface area contributed by atoms with Crippen LogP contribution in [0, 0.1) is 5.92 Å². The van der Waals surface area contributed by atoms with Crippen molar-refractivity contribution in [1.82, 2.24) is 4.90 Å². The number of ether oxygens (including phenoxy) is 1. The zero-order valence-electron chi connectivity index (χ0n) is 17.9. The zero-order valence-corrected chi connectivity index (χ0v) is 17.9. The second kappa shape index (κ2) is 11.0. The van der Waals surface area contributed by atoms with Crippen LogP contribution in [0.5, 0.6) is 0 Å². The van der Waals surface area contributed by atoms with Gasteiger partial charge in [-0.05, 0) is 38.2 Å². The predicted molar refractivity (Wildman–Crippen MR) is 113 cm³/mol. The normalized spacial score (nSPS) is 17.0. The quantitative estimate of drug-likeness (QED) is 0.378. The van der Waals surface area contributed by atoms with Gasteiger partial charge in [0.15, 0.2) is 5.78 Å². The summed E-state index contributed by atoms with van der Waals surface area (Å²) in [6.45, 7) is 11.8. The van der Waals surface area contributed by atoms with Crippen LogP contribution in [0.25, 0.3) is 0 Å². The summed E-state index contributed by atoms with van der Waals surface area (Å²) < 4.78 is 5.46. The van der Waals surface area contributed by atoms with E-state index in [1.54, 1.807) is 0 Å². The van der Waals surface area contributed by atoms with Crippen molar-refractivity contribution in [2.45, 2.75) is 78.2 Å². The Hall–Kier alpha value is -1.19. The number of rotatable bonds is 11. The summed E-state index contributed by atoms with van der Waals surface area (Å²) in [5.41, 5.74) is 1.64. The molecular formula is C24H39NO2. The maximum Gasteiger partial charge on any atom is 0.182 e. The van der Waals surface area contributed by atoms with Gasteiger partial charge in [-0.25, -0.2) is 0 Å². The van der Waals surface area contributed by atoms with Crippen molar-refractivity contribution in [2.75, 3.05) is 26.3 Å². The highest BCUT2D eigenvalue weighted by atomic mass is 16.5. The highest BCUT2D eigenvalue weighted by Gasteiger charge is 2.36. The van der Waals surface area contributed by atoms with Crippen LogP contribution in [-0.2, 0) is 11.2 Å². The SMILES string of the molecule is CCCCCC(C)CCCc1ccccc1C(=O)C(C)(C)N1CCOCC1. The van der Waals surface area contributed by atoms with Crippen LogP contribution in [0.2, 0.25) is 0 Å². The number of aryl methyl sites for hydroxylation is 1. The maximum atomic E-state index is 13.4. The molecule has 1 fully saturated rings. The average Bonchev–Trinajstić information content (AvgIpc) is 2.68. The van der Waals surface area contributed by atoms with Crippen LogP contribution in [-0.4, -0.2) is 42.5 Å². The molecule has 2 rings (SSSR count). The third-order valence-electron chi connectivity index (χ3n) is 6.06. The summed E-state index contributed by atoms with van der Waals surface area (Å²) in [5.74, 6) is 1.03. The molecule has 0 aromatic heterocycles. The molecule has 1 aliphatic heterocycles. The van der Waals surface area contributed by atoms with Gasteiger partial charge in [0.05, 0.1) is 18.8 Å². The topological polar surface area (TPSA) is 29.5 Å². The molecule has 1 unspecified atom stereocenters. The third-order valence-corrected chi connectivity index (χ3v) is 6.06. The summed E-state index contributed by atoms with van der Waals surface area (Å²) >= 11 is 0. The smallest absolute Gasteiger partial charge is 0.182 e. The van der Waals surface area contributed by atoms with Gasteiger partial charge in [0.25, 0.3) is 0 Å². The minimum absolute atomic E-state index is 0.246. The van der Waals surface area contributed by atoms with Gasteiger partial charge in [0.2, 0.25) is 0 Å². The Morgan fingerprint density at radius 3 is 2.48 bits per heavy atom. The lowest BCUT2D eigenvalue weighted by Crippen LogP contribution is -2.54. The molecule has 3 nitrogen and oxygen atoms in total. The van der Waals surface area contributed by atoms with Crippen LogP contribution >= 0.6 is 0 Å². The number of hydrogen-bond acceptors (Lipinski definition) is 3. The average molecular weight is 374 g/mol. The van der Waals surface area contributed by atoms with Gasteiger partial charge in [-0.1, -0.05) is 70.2 Å². The van der Waals surface area contributed by atoms with E-state index < -0.39 is 5.54 Å². The van der Waals surface area contributed by atoms with E-state index in [9.17, 15) is 4.79 Å². The minimum atomic E-state index is -0.479. The molecule has 0 radical (unpaired) electrons. The molecule has 0 saturated carbocycles. The first kappa shape index (κ1) is 22.1. The van der Waals surface area contributed by atoms with Crippen LogP contribution in [0.3, 0.4) is 0 Å². The molecule has 0 spiro atoms. The van der Waals surface area contributed by atoms with Gasteiger partial charge in [-0.3, -0.25) is 9.69 Å². The minimum Gasteiger partial charge on any atom is -0.379 e. The molecule has 1 aromatic carbocycles. The molecule has 1 saturated heterocycles. The molecule has 0 N–H and O–H groups in total. The van der Waals surface area contributed by atoms with Crippen LogP contribution in [0.1, 0.15) is 82.1 Å². The van der Waals surface area contributed by atoms with Crippen molar-refractivity contribution in [3.8, 4) is 0 Å². The molecule has 1 heterocycles. The van der Waals surface area contributed by atoms with Gasteiger partial charge < -0.3 is 4.74 Å². The van der Waals surface area contributed by atoms with E-state index in [1.165, 1.54) is 37.7 Å². The maximum absolute atomic E-state index is 13.4. The number of ketones is 1. The second-order valence-corrected chi connectivity index (χ2v) is 8.64. The number of carbonyl (C=O) groups excluding carboxylic acids is 1. The summed E-state index contributed by atoms with van der Waals surface area (Å²) in [5, 5.41) is 0. The zero-order chi connectivity index (χ0) is 19.7. The largest absolute Gasteiger partial charge is 0.379 e. The fourth-order valence-electron chi connectivity index (χ4n) is 4.08. The van der Waals surface area contributed by atoms with Crippen molar-refractivity contribution in [3.05, 3.63) is 35.4 Å². The number of benzene rings is 1. The molecule has 1 aromatic rings. The van der Waals surface area contributed by atoms with E-state index in [-0.39, 0.29) is 5.78 Å². The fraction of sp³-hybridized carbons (Fsp3) is 0.708. The van der Waals surface area contributed by atoms with Crippen molar-refractivity contribution in [3.63, 3.8) is 0 Å². The molecule has 1 aliphatic rings. The molecule has 152 valence electrons. The first-order valence-corrected chi connectivity index (χ1v) is 10.9. The Labute approximate surface area is 166 Å². The Morgan fingerprint density at radius 2 is 1.78 bits per heavy atom. The Kier molecular flexibility index (Phi) is 8.98. The third kappa shape index (κ3) is 6.43. The van der Waals surface area contributed by atoms with Crippen LogP contribution in [0.4, 0.5) is 0 Å². The van der Waals surface area contributed by atoms with Gasteiger partial charge in [0.1, 0.15) is 0 Å². The van der Waals surface area contributed by atoms with Crippen molar-refractivity contribution >= 4 is 5.78 Å². The number of morpholine rings is 1. The van der Waals surface area contributed by atoms with Crippen LogP contribution < -0.4 is 0 Å². The van der Waals surface area contributed by atoms with E-state index >= 15 is 0 Å². The molecule has 27 heavy (non-hydrogen) atoms. The first-order valence-electron chi connectivity index (χ1n) is 10.9. The van der Waals surface area contributed by atoms with E-state index in [0.29, 0.717) is 13.2 Å². The second-order valence-electron chi connectivity index (χ2n) is 8.64. The van der Waals surface area contributed by atoms with E-state index in [4.69, 9.17) is 4.74 Å². The summed E-state index contributed by atoms with van der Waals surface area (Å²) in [6.07, 6.45) is 8.73. The first-order chi connectivity index (χ1) is 13.0. The summed E-state index contributed by atoms with van der Waals surface area (Å²) in [4.78, 5) is 15.6. The Balaban J connectivity index is 1.96. The summed E-state index contributed by atoms with van der Waals surface area (Å²) in [6, 6.07) is 8.23. The van der Waals surface area contributed by atoms with E-state index in [1.807, 2.05) is 12.1 Å². The Morgan fingerprint density at radius 1 is 1.11 bits per heavy atom. The van der Waals surface area contributed by atoms with Gasteiger partial charge in [-0.15, -0.1) is 0 Å². The molecule has 0 amide bonds. The molecular weight excluding hydrogens is 334 g/mol. The number of nitrogens with zero attached hydrogens (tertiary/aromatic N) is 1. The number of Topliss-reactive ketones (excluding diaryl/α,β-unsaturated/α-hetero) is 1.